The normalized spacial score (nSPS) is 21.0. The van der Waals surface area contributed by atoms with E-state index in [4.69, 9.17) is 14.3 Å². The van der Waals surface area contributed by atoms with Gasteiger partial charge in [-0.3, -0.25) is 9.69 Å². The second kappa shape index (κ2) is 8.12. The Morgan fingerprint density at radius 2 is 2.17 bits per heavy atom. The van der Waals surface area contributed by atoms with Gasteiger partial charge < -0.3 is 19.6 Å². The summed E-state index contributed by atoms with van der Waals surface area (Å²) in [5.41, 5.74) is 1.60. The Labute approximate surface area is 141 Å². The minimum Gasteiger partial charge on any atom is -0.496 e. The average Bonchev–Trinajstić information content (AvgIpc) is 3.12. The molecule has 0 unspecified atom stereocenters. The first-order chi connectivity index (χ1) is 11.8. The minimum atomic E-state index is -0.574. The van der Waals surface area contributed by atoms with Crippen molar-refractivity contribution in [3.63, 3.8) is 0 Å². The fourth-order valence-corrected chi connectivity index (χ4v) is 2.84. The first-order valence-corrected chi connectivity index (χ1v) is 8.22. The van der Waals surface area contributed by atoms with E-state index in [1.165, 1.54) is 0 Å². The molecule has 1 amide bonds. The molecule has 1 fully saturated rings. The van der Waals surface area contributed by atoms with Crippen molar-refractivity contribution >= 4 is 11.6 Å². The quantitative estimate of drug-likeness (QED) is 0.827. The fraction of sp³-hybridized carbons (Fsp3) is 0.529. The summed E-state index contributed by atoms with van der Waals surface area (Å²) in [5, 5.41) is 6.99. The number of amides is 1. The van der Waals surface area contributed by atoms with Gasteiger partial charge in [0.05, 0.1) is 26.0 Å². The summed E-state index contributed by atoms with van der Waals surface area (Å²) in [7, 11) is 1.62. The lowest BCUT2D eigenvalue weighted by atomic mass is 10.0. The minimum absolute atomic E-state index is 0.128. The smallest absolute Gasteiger partial charge is 0.264 e. The van der Waals surface area contributed by atoms with E-state index < -0.39 is 6.10 Å². The monoisotopic (exact) mass is 333 g/mol. The van der Waals surface area contributed by atoms with Gasteiger partial charge in [-0.1, -0.05) is 17.3 Å². The summed E-state index contributed by atoms with van der Waals surface area (Å²) in [6.07, 6.45) is -0.126. The third kappa shape index (κ3) is 4.04. The maximum absolute atomic E-state index is 12.2. The van der Waals surface area contributed by atoms with E-state index in [1.54, 1.807) is 7.11 Å². The van der Waals surface area contributed by atoms with Gasteiger partial charge >= 0.3 is 0 Å². The van der Waals surface area contributed by atoms with Gasteiger partial charge in [-0.15, -0.1) is 0 Å². The molecule has 24 heavy (non-hydrogen) atoms. The van der Waals surface area contributed by atoms with Crippen molar-refractivity contribution < 1.29 is 19.1 Å². The van der Waals surface area contributed by atoms with Crippen LogP contribution < -0.4 is 10.1 Å². The van der Waals surface area contributed by atoms with E-state index in [2.05, 4.69) is 15.4 Å². The molecule has 1 atom stereocenters. The number of hydrogen-bond donors (Lipinski definition) is 1. The Morgan fingerprint density at radius 1 is 1.38 bits per heavy atom. The van der Waals surface area contributed by atoms with Crippen LogP contribution in [0.4, 0.5) is 0 Å². The highest BCUT2D eigenvalue weighted by molar-refractivity contribution is 6.05. The molecule has 2 aliphatic rings. The highest BCUT2D eigenvalue weighted by Crippen LogP contribution is 2.24. The molecule has 7 heteroatoms. The standard InChI is InChI=1S/C17H23N3O4/c1-22-15-5-3-2-4-13(15)14-12-16(24-19-14)17(21)18-6-7-20-8-10-23-11-9-20/h2-5,16H,6-12H2,1H3,(H,18,21)/t16-/m1/s1. The highest BCUT2D eigenvalue weighted by atomic mass is 16.6. The van der Waals surface area contributed by atoms with Crippen LogP contribution in [0.1, 0.15) is 12.0 Å². The molecule has 0 spiro atoms. The van der Waals surface area contributed by atoms with Crippen molar-refractivity contribution in [2.45, 2.75) is 12.5 Å². The van der Waals surface area contributed by atoms with Gasteiger partial charge in [0, 0.05) is 38.2 Å². The molecule has 3 rings (SSSR count). The van der Waals surface area contributed by atoms with Crippen LogP contribution in [-0.4, -0.2) is 69.1 Å². The Morgan fingerprint density at radius 3 is 2.96 bits per heavy atom. The van der Waals surface area contributed by atoms with Crippen molar-refractivity contribution in [1.29, 1.82) is 0 Å². The third-order valence-electron chi connectivity index (χ3n) is 4.21. The van der Waals surface area contributed by atoms with E-state index in [0.717, 1.165) is 49.9 Å². The van der Waals surface area contributed by atoms with Crippen LogP contribution in [0.3, 0.4) is 0 Å². The van der Waals surface area contributed by atoms with Crippen molar-refractivity contribution in [3.05, 3.63) is 29.8 Å². The number of rotatable bonds is 6. The van der Waals surface area contributed by atoms with Gasteiger partial charge in [0.15, 0.2) is 0 Å². The van der Waals surface area contributed by atoms with Crippen molar-refractivity contribution in [3.8, 4) is 5.75 Å². The molecule has 1 saturated heterocycles. The van der Waals surface area contributed by atoms with Crippen LogP contribution in [-0.2, 0) is 14.4 Å². The van der Waals surface area contributed by atoms with Gasteiger partial charge in [-0.05, 0) is 12.1 Å². The average molecular weight is 333 g/mol. The third-order valence-corrected chi connectivity index (χ3v) is 4.21. The van der Waals surface area contributed by atoms with Crippen LogP contribution in [0.5, 0.6) is 5.75 Å². The molecule has 0 aromatic heterocycles. The summed E-state index contributed by atoms with van der Waals surface area (Å²) in [4.78, 5) is 19.8. The van der Waals surface area contributed by atoms with Crippen LogP contribution in [0, 0.1) is 0 Å². The van der Waals surface area contributed by atoms with Crippen molar-refractivity contribution in [2.24, 2.45) is 5.16 Å². The number of nitrogens with zero attached hydrogens (tertiary/aromatic N) is 2. The second-order valence-electron chi connectivity index (χ2n) is 5.78. The van der Waals surface area contributed by atoms with Crippen molar-refractivity contribution in [2.75, 3.05) is 46.5 Å². The van der Waals surface area contributed by atoms with Crippen LogP contribution in [0.2, 0.25) is 0 Å². The molecular weight excluding hydrogens is 310 g/mol. The Kier molecular flexibility index (Phi) is 5.66. The van der Waals surface area contributed by atoms with E-state index in [0.29, 0.717) is 13.0 Å². The maximum atomic E-state index is 12.2. The van der Waals surface area contributed by atoms with Gasteiger partial charge in [0.1, 0.15) is 5.75 Å². The zero-order valence-corrected chi connectivity index (χ0v) is 13.9. The number of carbonyl (C=O) groups is 1. The lowest BCUT2D eigenvalue weighted by molar-refractivity contribution is -0.131. The number of hydrogen-bond acceptors (Lipinski definition) is 6. The molecule has 130 valence electrons. The molecule has 1 aromatic rings. The molecule has 1 aromatic carbocycles. The summed E-state index contributed by atoms with van der Waals surface area (Å²) in [6.45, 7) is 4.77. The lowest BCUT2D eigenvalue weighted by Crippen LogP contribution is -2.43. The summed E-state index contributed by atoms with van der Waals surface area (Å²) < 4.78 is 10.6. The predicted octanol–water partition coefficient (Wildman–Crippen LogP) is 0.637. The summed E-state index contributed by atoms with van der Waals surface area (Å²) in [6, 6.07) is 7.60. The first-order valence-electron chi connectivity index (χ1n) is 8.22. The molecule has 0 radical (unpaired) electrons. The second-order valence-corrected chi connectivity index (χ2v) is 5.78. The largest absolute Gasteiger partial charge is 0.496 e. The molecule has 0 saturated carbocycles. The SMILES string of the molecule is COc1ccccc1C1=NO[C@@H](C(=O)NCCN2CCOCC2)C1. The fourth-order valence-electron chi connectivity index (χ4n) is 2.84. The zero-order chi connectivity index (χ0) is 16.8. The van der Waals surface area contributed by atoms with Crippen LogP contribution in [0.25, 0.3) is 0 Å². The maximum Gasteiger partial charge on any atom is 0.264 e. The number of nitrogens with one attached hydrogen (secondary N) is 1. The Bertz CT molecular complexity index is 599. The summed E-state index contributed by atoms with van der Waals surface area (Å²) >= 11 is 0. The van der Waals surface area contributed by atoms with Gasteiger partial charge in [-0.2, -0.15) is 0 Å². The molecule has 1 N–H and O–H groups in total. The number of methoxy groups -OCH3 is 1. The van der Waals surface area contributed by atoms with E-state index in [9.17, 15) is 4.79 Å². The van der Waals surface area contributed by atoms with E-state index >= 15 is 0 Å². The molecule has 0 bridgehead atoms. The summed E-state index contributed by atoms with van der Waals surface area (Å²) in [5.74, 6) is 0.602. The van der Waals surface area contributed by atoms with Crippen LogP contribution >= 0.6 is 0 Å². The predicted molar refractivity (Wildman–Crippen MR) is 89.3 cm³/mol. The van der Waals surface area contributed by atoms with Crippen LogP contribution in [0.15, 0.2) is 29.4 Å². The molecule has 0 aliphatic carbocycles. The van der Waals surface area contributed by atoms with Gasteiger partial charge in [-0.25, -0.2) is 0 Å². The topological polar surface area (TPSA) is 72.4 Å². The number of benzene rings is 1. The molecular formula is C17H23N3O4. The zero-order valence-electron chi connectivity index (χ0n) is 13.9. The van der Waals surface area contributed by atoms with E-state index in [-0.39, 0.29) is 5.91 Å². The molecule has 2 aliphatic heterocycles. The first kappa shape index (κ1) is 16.7. The number of para-hydroxylation sites is 1. The Balaban J connectivity index is 1.46. The Hall–Kier alpha value is -2.12. The molecule has 2 heterocycles. The lowest BCUT2D eigenvalue weighted by Gasteiger charge is -2.26. The van der Waals surface area contributed by atoms with Gasteiger partial charge in [0.2, 0.25) is 6.10 Å². The van der Waals surface area contributed by atoms with E-state index in [1.807, 2.05) is 24.3 Å². The number of carbonyl (C=O) groups excluding carboxylic acids is 1. The van der Waals surface area contributed by atoms with Gasteiger partial charge in [0.25, 0.3) is 5.91 Å². The van der Waals surface area contributed by atoms with Crippen molar-refractivity contribution in [1.82, 2.24) is 10.2 Å². The number of morpholine rings is 1. The molecule has 7 nitrogen and oxygen atoms in total. The number of ether oxygens (including phenoxy) is 2. The number of oxime groups is 1. The highest BCUT2D eigenvalue weighted by Gasteiger charge is 2.29.